The van der Waals surface area contributed by atoms with E-state index in [1.165, 1.54) is 6.42 Å². The van der Waals surface area contributed by atoms with Crippen LogP contribution in [0.15, 0.2) is 48.5 Å². The summed E-state index contributed by atoms with van der Waals surface area (Å²) in [5.74, 6) is -0.137. The molecule has 0 atom stereocenters. The SMILES string of the molecule is CC.CCC.CCCCNC(=O)c1ccc(Nc2nc(NC3(c4ccc(Cl)cc4)CC3)nc(OCC(F)(F)F)n2)cc1. The quantitative estimate of drug-likeness (QED) is 0.188. The van der Waals surface area contributed by atoms with Gasteiger partial charge in [0.2, 0.25) is 11.9 Å². The average molecular weight is 609 g/mol. The van der Waals surface area contributed by atoms with E-state index in [1.54, 1.807) is 36.4 Å². The minimum atomic E-state index is -4.55. The molecule has 2 aromatic carbocycles. The van der Waals surface area contributed by atoms with E-state index < -0.39 is 24.3 Å². The predicted molar refractivity (Wildman–Crippen MR) is 162 cm³/mol. The number of carbonyl (C=O) groups excluding carboxylic acids is 1. The fourth-order valence-corrected chi connectivity index (χ4v) is 3.71. The van der Waals surface area contributed by atoms with Gasteiger partial charge in [0.15, 0.2) is 6.61 Å². The lowest BCUT2D eigenvalue weighted by molar-refractivity contribution is -0.154. The molecule has 1 aliphatic carbocycles. The number of aromatic nitrogens is 3. The first-order chi connectivity index (χ1) is 20.1. The minimum absolute atomic E-state index is 0.0123. The summed E-state index contributed by atoms with van der Waals surface area (Å²) in [5.41, 5.74) is 1.50. The first-order valence-corrected chi connectivity index (χ1v) is 14.6. The van der Waals surface area contributed by atoms with Gasteiger partial charge >= 0.3 is 12.2 Å². The maximum absolute atomic E-state index is 12.8. The van der Waals surface area contributed by atoms with Crippen LogP contribution in [0.3, 0.4) is 0 Å². The van der Waals surface area contributed by atoms with E-state index in [0.717, 1.165) is 31.2 Å². The Labute approximate surface area is 250 Å². The number of rotatable bonds is 11. The van der Waals surface area contributed by atoms with Gasteiger partial charge < -0.3 is 20.7 Å². The Morgan fingerprint density at radius 1 is 0.952 bits per heavy atom. The molecule has 1 aromatic heterocycles. The molecular weight excluding hydrogens is 569 g/mol. The fourth-order valence-electron chi connectivity index (χ4n) is 3.59. The third-order valence-electron chi connectivity index (χ3n) is 5.70. The van der Waals surface area contributed by atoms with E-state index in [-0.39, 0.29) is 17.8 Å². The molecule has 1 aliphatic rings. The largest absolute Gasteiger partial charge is 0.454 e. The number of alkyl halides is 3. The van der Waals surface area contributed by atoms with Crippen LogP contribution in [-0.4, -0.2) is 40.2 Å². The molecule has 1 saturated carbocycles. The summed E-state index contributed by atoms with van der Waals surface area (Å²) in [5, 5.41) is 9.59. The molecule has 12 heteroatoms. The summed E-state index contributed by atoms with van der Waals surface area (Å²) in [4.78, 5) is 24.6. The minimum Gasteiger partial charge on any atom is -0.454 e. The third-order valence-corrected chi connectivity index (χ3v) is 5.95. The lowest BCUT2D eigenvalue weighted by Gasteiger charge is -2.19. The van der Waals surface area contributed by atoms with Crippen molar-refractivity contribution in [1.29, 1.82) is 0 Å². The Bertz CT molecular complexity index is 1240. The molecule has 8 nitrogen and oxygen atoms in total. The molecule has 42 heavy (non-hydrogen) atoms. The van der Waals surface area contributed by atoms with Gasteiger partial charge in [0.25, 0.3) is 5.91 Å². The van der Waals surface area contributed by atoms with Crippen molar-refractivity contribution in [1.82, 2.24) is 20.3 Å². The molecule has 0 saturated heterocycles. The van der Waals surface area contributed by atoms with Crippen molar-refractivity contribution in [2.45, 2.75) is 78.4 Å². The number of carbonyl (C=O) groups is 1. The van der Waals surface area contributed by atoms with Gasteiger partial charge in [0, 0.05) is 22.8 Å². The zero-order chi connectivity index (χ0) is 31.2. The number of nitrogens with one attached hydrogen (secondary N) is 3. The normalized spacial score (nSPS) is 13.0. The number of ether oxygens (including phenoxy) is 1. The number of hydrogen-bond acceptors (Lipinski definition) is 7. The van der Waals surface area contributed by atoms with Crippen LogP contribution in [0.5, 0.6) is 6.01 Å². The van der Waals surface area contributed by atoms with Gasteiger partial charge in [-0.05, 0) is 61.2 Å². The highest BCUT2D eigenvalue weighted by molar-refractivity contribution is 6.30. The molecule has 0 spiro atoms. The lowest BCUT2D eigenvalue weighted by Crippen LogP contribution is -2.24. The second-order valence-electron chi connectivity index (χ2n) is 9.40. The molecule has 0 aliphatic heterocycles. The Hall–Kier alpha value is -3.60. The summed E-state index contributed by atoms with van der Waals surface area (Å²) in [7, 11) is 0. The summed E-state index contributed by atoms with van der Waals surface area (Å²) in [6, 6.07) is 13.4. The first-order valence-electron chi connectivity index (χ1n) is 14.2. The standard InChI is InChI=1S/C25H26ClF3N6O2.C3H8.C2H6/c1-2-3-14-30-20(36)16-4-10-19(11-5-16)31-21-32-22(34-23(33-21)37-15-25(27,28)29)35-24(12-13-24)17-6-8-18(26)9-7-17;1-3-2;1-2/h4-11H,2-3,12-15H2,1H3,(H,30,36)(H2,31,32,33,34,35);3H2,1-2H3;1-2H3. The molecule has 0 unspecified atom stereocenters. The van der Waals surface area contributed by atoms with E-state index in [4.69, 9.17) is 16.3 Å². The molecule has 1 amide bonds. The lowest BCUT2D eigenvalue weighted by atomic mass is 10.1. The Morgan fingerprint density at radius 2 is 1.55 bits per heavy atom. The first kappa shape index (κ1) is 34.6. The van der Waals surface area contributed by atoms with Crippen molar-refractivity contribution in [3.8, 4) is 6.01 Å². The van der Waals surface area contributed by atoms with Gasteiger partial charge in [-0.2, -0.15) is 28.1 Å². The van der Waals surface area contributed by atoms with Gasteiger partial charge in [0.05, 0.1) is 5.54 Å². The summed E-state index contributed by atoms with van der Waals surface area (Å²) in [6.07, 6.45) is 0.121. The smallest absolute Gasteiger partial charge is 0.422 e. The maximum atomic E-state index is 12.8. The van der Waals surface area contributed by atoms with Gasteiger partial charge in [-0.25, -0.2) is 0 Å². The monoisotopic (exact) mass is 608 g/mol. The van der Waals surface area contributed by atoms with Gasteiger partial charge in [-0.3, -0.25) is 4.79 Å². The number of anilines is 3. The van der Waals surface area contributed by atoms with Gasteiger partial charge in [-0.1, -0.05) is 71.2 Å². The topological polar surface area (TPSA) is 101 Å². The summed E-state index contributed by atoms with van der Waals surface area (Å²) in [6.45, 7) is 9.34. The second kappa shape index (κ2) is 16.7. The fraction of sp³-hybridized carbons (Fsp3) is 0.467. The Kier molecular flexibility index (Phi) is 13.8. The van der Waals surface area contributed by atoms with Crippen molar-refractivity contribution < 1.29 is 22.7 Å². The third kappa shape index (κ3) is 11.3. The average Bonchev–Trinajstić information content (AvgIpc) is 3.74. The van der Waals surface area contributed by atoms with Crippen molar-refractivity contribution in [3.63, 3.8) is 0 Å². The number of amides is 1. The van der Waals surface area contributed by atoms with E-state index in [2.05, 4.69) is 44.7 Å². The number of halogens is 4. The molecular formula is C30H40ClF3N6O2. The van der Waals surface area contributed by atoms with Crippen LogP contribution in [0, 0.1) is 0 Å². The van der Waals surface area contributed by atoms with Crippen molar-refractivity contribution in [2.75, 3.05) is 23.8 Å². The van der Waals surface area contributed by atoms with Crippen LogP contribution in [0.2, 0.25) is 5.02 Å². The molecule has 1 fully saturated rings. The number of unbranched alkanes of at least 4 members (excludes halogenated alkanes) is 1. The maximum Gasteiger partial charge on any atom is 0.422 e. The van der Waals surface area contributed by atoms with Crippen molar-refractivity contribution in [3.05, 3.63) is 64.7 Å². The van der Waals surface area contributed by atoms with Crippen LogP contribution >= 0.6 is 11.6 Å². The predicted octanol–water partition coefficient (Wildman–Crippen LogP) is 8.28. The molecule has 1 heterocycles. The van der Waals surface area contributed by atoms with E-state index in [1.807, 2.05) is 32.9 Å². The summed E-state index contributed by atoms with van der Waals surface area (Å²) < 4.78 is 43.1. The van der Waals surface area contributed by atoms with E-state index in [9.17, 15) is 18.0 Å². The van der Waals surface area contributed by atoms with Crippen LogP contribution < -0.4 is 20.7 Å². The number of hydrogen-bond donors (Lipinski definition) is 3. The van der Waals surface area contributed by atoms with Crippen LogP contribution in [0.25, 0.3) is 0 Å². The number of benzene rings is 2. The van der Waals surface area contributed by atoms with Gasteiger partial charge in [0.1, 0.15) is 0 Å². The zero-order valence-electron chi connectivity index (χ0n) is 24.7. The Balaban J connectivity index is 0.00000116. The van der Waals surface area contributed by atoms with Crippen LogP contribution in [0.4, 0.5) is 30.8 Å². The van der Waals surface area contributed by atoms with Gasteiger partial charge in [-0.15, -0.1) is 0 Å². The number of nitrogens with zero attached hydrogens (tertiary/aromatic N) is 3. The molecule has 230 valence electrons. The zero-order valence-corrected chi connectivity index (χ0v) is 25.5. The molecule has 0 bridgehead atoms. The Morgan fingerprint density at radius 3 is 2.10 bits per heavy atom. The highest BCUT2D eigenvalue weighted by atomic mass is 35.5. The van der Waals surface area contributed by atoms with Crippen molar-refractivity contribution in [2.24, 2.45) is 0 Å². The van der Waals surface area contributed by atoms with Crippen LogP contribution in [0.1, 0.15) is 82.6 Å². The van der Waals surface area contributed by atoms with E-state index in [0.29, 0.717) is 22.8 Å². The molecule has 4 rings (SSSR count). The van der Waals surface area contributed by atoms with E-state index >= 15 is 0 Å². The molecule has 0 radical (unpaired) electrons. The molecule has 3 aromatic rings. The highest BCUT2D eigenvalue weighted by Gasteiger charge is 2.45. The molecule has 3 N–H and O–H groups in total. The van der Waals surface area contributed by atoms with Crippen molar-refractivity contribution >= 4 is 35.1 Å². The summed E-state index contributed by atoms with van der Waals surface area (Å²) >= 11 is 6.00. The highest BCUT2D eigenvalue weighted by Crippen LogP contribution is 2.48. The van der Waals surface area contributed by atoms with Crippen LogP contribution in [-0.2, 0) is 5.54 Å². The second-order valence-corrected chi connectivity index (χ2v) is 9.84.